The lowest BCUT2D eigenvalue weighted by atomic mass is 9.95. The number of nitrogens with two attached hydrogens (primary N) is 1. The van der Waals surface area contributed by atoms with E-state index in [1.807, 2.05) is 133 Å². The van der Waals surface area contributed by atoms with Gasteiger partial charge in [0.2, 0.25) is 10.0 Å². The van der Waals surface area contributed by atoms with Crippen LogP contribution in [0.4, 0.5) is 0 Å². The van der Waals surface area contributed by atoms with Gasteiger partial charge in [-0.2, -0.15) is 0 Å². The van der Waals surface area contributed by atoms with E-state index >= 15 is 0 Å². The molecule has 0 aliphatic rings. The largest absolute Gasteiger partial charge is 0.322 e. The van der Waals surface area contributed by atoms with Gasteiger partial charge in [-0.1, -0.05) is 133 Å². The first-order valence-corrected chi connectivity index (χ1v) is 14.2. The van der Waals surface area contributed by atoms with Gasteiger partial charge >= 0.3 is 0 Å². The second-order valence-electron chi connectivity index (χ2n) is 9.35. The second kappa shape index (κ2) is 11.6. The first-order valence-electron chi connectivity index (χ1n) is 12.6. The molecule has 5 aromatic rings. The van der Waals surface area contributed by atoms with Crippen molar-refractivity contribution in [1.29, 1.82) is 0 Å². The topological polar surface area (TPSA) is 72.2 Å². The Hall–Kier alpha value is -4.03. The lowest BCUT2D eigenvalue weighted by Gasteiger charge is -2.26. The van der Waals surface area contributed by atoms with Crippen LogP contribution in [0.2, 0.25) is 0 Å². The average Bonchev–Trinajstić information content (AvgIpc) is 2.97. The molecule has 0 saturated heterocycles. The van der Waals surface area contributed by atoms with Gasteiger partial charge < -0.3 is 5.73 Å². The zero-order valence-corrected chi connectivity index (χ0v) is 21.8. The molecule has 5 rings (SSSR count). The lowest BCUT2D eigenvalue weighted by molar-refractivity contribution is 0.503. The zero-order valence-electron chi connectivity index (χ0n) is 20.9. The summed E-state index contributed by atoms with van der Waals surface area (Å²) in [6.07, 6.45) is 0. The Kier molecular flexibility index (Phi) is 7.80. The van der Waals surface area contributed by atoms with Crippen molar-refractivity contribution in [3.05, 3.63) is 156 Å². The standard InChI is InChI=1S/C33H30N2O2S/c34-32(28-17-9-3-10-18-28)33(29-19-11-4-12-20-29)35-38(36,37)24-25-21-30(26-13-5-1-6-14-26)23-31(22-25)27-15-7-2-8-16-27/h1-23,32-33,35H,24,34H2. The minimum Gasteiger partial charge on any atom is -0.322 e. The number of hydrogen-bond donors (Lipinski definition) is 2. The molecule has 0 bridgehead atoms. The number of hydrogen-bond acceptors (Lipinski definition) is 3. The molecular weight excluding hydrogens is 488 g/mol. The Morgan fingerprint density at radius 3 is 1.45 bits per heavy atom. The Bertz CT molecular complexity index is 1520. The van der Waals surface area contributed by atoms with Crippen LogP contribution in [-0.2, 0) is 15.8 Å². The third-order valence-electron chi connectivity index (χ3n) is 6.57. The third-order valence-corrected chi connectivity index (χ3v) is 7.90. The van der Waals surface area contributed by atoms with Crippen LogP contribution in [0, 0.1) is 0 Å². The lowest BCUT2D eigenvalue weighted by Crippen LogP contribution is -2.36. The predicted octanol–water partition coefficient (Wildman–Crippen LogP) is 6.88. The molecule has 0 radical (unpaired) electrons. The Morgan fingerprint density at radius 1 is 0.553 bits per heavy atom. The Morgan fingerprint density at radius 2 is 0.974 bits per heavy atom. The van der Waals surface area contributed by atoms with Crippen molar-refractivity contribution in [2.75, 3.05) is 0 Å². The Balaban J connectivity index is 1.50. The van der Waals surface area contributed by atoms with E-state index in [1.54, 1.807) is 0 Å². The van der Waals surface area contributed by atoms with E-state index < -0.39 is 22.1 Å². The summed E-state index contributed by atoms with van der Waals surface area (Å²) in [5.74, 6) is -0.168. The maximum Gasteiger partial charge on any atom is 0.216 e. The van der Waals surface area contributed by atoms with Gasteiger partial charge in [-0.05, 0) is 45.0 Å². The van der Waals surface area contributed by atoms with Crippen molar-refractivity contribution < 1.29 is 8.42 Å². The molecule has 3 N–H and O–H groups in total. The monoisotopic (exact) mass is 518 g/mol. The van der Waals surface area contributed by atoms with E-state index in [9.17, 15) is 8.42 Å². The van der Waals surface area contributed by atoms with Crippen LogP contribution >= 0.6 is 0 Å². The highest BCUT2D eigenvalue weighted by molar-refractivity contribution is 7.88. The summed E-state index contributed by atoms with van der Waals surface area (Å²) in [6.45, 7) is 0. The fourth-order valence-corrected chi connectivity index (χ4v) is 6.06. The maximum atomic E-state index is 13.6. The summed E-state index contributed by atoms with van der Waals surface area (Å²) < 4.78 is 30.2. The molecule has 0 saturated carbocycles. The van der Waals surface area contributed by atoms with Crippen LogP contribution in [0.15, 0.2) is 140 Å². The minimum absolute atomic E-state index is 0.168. The third kappa shape index (κ3) is 6.26. The molecule has 0 spiro atoms. The maximum absolute atomic E-state index is 13.6. The molecule has 2 unspecified atom stereocenters. The van der Waals surface area contributed by atoms with Crippen molar-refractivity contribution in [3.63, 3.8) is 0 Å². The first-order chi connectivity index (χ1) is 18.5. The minimum atomic E-state index is -3.76. The summed E-state index contributed by atoms with van der Waals surface area (Å²) >= 11 is 0. The van der Waals surface area contributed by atoms with Crippen molar-refractivity contribution in [2.24, 2.45) is 5.73 Å². The van der Waals surface area contributed by atoms with Crippen LogP contribution in [0.3, 0.4) is 0 Å². The van der Waals surface area contributed by atoms with E-state index in [0.29, 0.717) is 5.56 Å². The highest BCUT2D eigenvalue weighted by atomic mass is 32.2. The van der Waals surface area contributed by atoms with Crippen LogP contribution < -0.4 is 10.5 Å². The van der Waals surface area contributed by atoms with Crippen LogP contribution in [0.1, 0.15) is 28.8 Å². The number of rotatable bonds is 9. The molecule has 5 heteroatoms. The van der Waals surface area contributed by atoms with Crippen molar-refractivity contribution in [2.45, 2.75) is 17.8 Å². The predicted molar refractivity (Wildman–Crippen MR) is 156 cm³/mol. The summed E-state index contributed by atoms with van der Waals surface area (Å²) in [5, 5.41) is 0. The normalized spacial score (nSPS) is 13.1. The number of sulfonamides is 1. The van der Waals surface area contributed by atoms with Gasteiger partial charge in [0, 0.05) is 0 Å². The first kappa shape index (κ1) is 25.6. The van der Waals surface area contributed by atoms with Gasteiger partial charge in [-0.3, -0.25) is 0 Å². The van der Waals surface area contributed by atoms with Gasteiger partial charge in [0.1, 0.15) is 0 Å². The molecular formula is C33H30N2O2S. The molecule has 0 aliphatic carbocycles. The van der Waals surface area contributed by atoms with Crippen LogP contribution in [0.5, 0.6) is 0 Å². The van der Waals surface area contributed by atoms with Crippen LogP contribution in [-0.4, -0.2) is 8.42 Å². The molecule has 38 heavy (non-hydrogen) atoms. The van der Waals surface area contributed by atoms with E-state index in [0.717, 1.165) is 33.4 Å². The fraction of sp³-hybridized carbons (Fsp3) is 0.0909. The van der Waals surface area contributed by atoms with Gasteiger partial charge in [-0.15, -0.1) is 0 Å². The molecule has 0 fully saturated rings. The quantitative estimate of drug-likeness (QED) is 0.223. The van der Waals surface area contributed by atoms with E-state index in [2.05, 4.69) is 10.8 Å². The fourth-order valence-electron chi connectivity index (χ4n) is 4.70. The summed E-state index contributed by atoms with van der Waals surface area (Å²) in [4.78, 5) is 0. The summed E-state index contributed by atoms with van der Waals surface area (Å²) in [7, 11) is -3.76. The average molecular weight is 519 g/mol. The molecule has 2 atom stereocenters. The van der Waals surface area contributed by atoms with Gasteiger partial charge in [0.25, 0.3) is 0 Å². The highest BCUT2D eigenvalue weighted by Gasteiger charge is 2.27. The van der Waals surface area contributed by atoms with Crippen molar-refractivity contribution in [1.82, 2.24) is 4.72 Å². The number of benzene rings is 5. The molecule has 190 valence electrons. The summed E-state index contributed by atoms with van der Waals surface area (Å²) in [6, 6.07) is 43.9. The molecule has 0 heterocycles. The van der Waals surface area contributed by atoms with Crippen molar-refractivity contribution in [3.8, 4) is 22.3 Å². The molecule has 0 amide bonds. The van der Waals surface area contributed by atoms with E-state index in [1.165, 1.54) is 0 Å². The van der Waals surface area contributed by atoms with Gasteiger partial charge in [0.05, 0.1) is 17.8 Å². The highest BCUT2D eigenvalue weighted by Crippen LogP contribution is 2.31. The van der Waals surface area contributed by atoms with Gasteiger partial charge in [-0.25, -0.2) is 13.1 Å². The van der Waals surface area contributed by atoms with E-state index in [4.69, 9.17) is 5.73 Å². The molecule has 0 aromatic heterocycles. The van der Waals surface area contributed by atoms with E-state index in [-0.39, 0.29) is 5.75 Å². The van der Waals surface area contributed by atoms with Gasteiger partial charge in [0.15, 0.2) is 0 Å². The zero-order chi connectivity index (χ0) is 26.4. The second-order valence-corrected chi connectivity index (χ2v) is 11.1. The molecule has 0 aliphatic heterocycles. The van der Waals surface area contributed by atoms with Crippen LogP contribution in [0.25, 0.3) is 22.3 Å². The SMILES string of the molecule is NC(c1ccccc1)C(NS(=O)(=O)Cc1cc(-c2ccccc2)cc(-c2ccccc2)c1)c1ccccc1. The number of nitrogens with one attached hydrogen (secondary N) is 1. The Labute approximate surface area is 224 Å². The summed E-state index contributed by atoms with van der Waals surface area (Å²) in [5.41, 5.74) is 13.0. The van der Waals surface area contributed by atoms with Crippen molar-refractivity contribution >= 4 is 10.0 Å². The smallest absolute Gasteiger partial charge is 0.216 e. The molecule has 4 nitrogen and oxygen atoms in total. The molecule has 5 aromatic carbocycles.